The van der Waals surface area contributed by atoms with Crippen molar-refractivity contribution in [1.29, 1.82) is 5.26 Å². The number of amides is 2. The van der Waals surface area contributed by atoms with E-state index >= 15 is 0 Å². The van der Waals surface area contributed by atoms with Crippen molar-refractivity contribution >= 4 is 27.4 Å². The van der Waals surface area contributed by atoms with E-state index in [4.69, 9.17) is 14.7 Å². The summed E-state index contributed by atoms with van der Waals surface area (Å²) < 4.78 is 37.4. The first kappa shape index (κ1) is 20.6. The summed E-state index contributed by atoms with van der Waals surface area (Å²) in [7, 11) is -2.30. The number of sulfonamides is 1. The van der Waals surface area contributed by atoms with Gasteiger partial charge in [-0.1, -0.05) is 12.1 Å². The molecule has 10 heteroatoms. The molecule has 1 saturated heterocycles. The Hall–Kier alpha value is -3.13. The molecular weight excluding hydrogens is 396 g/mol. The van der Waals surface area contributed by atoms with Gasteiger partial charge in [-0.2, -0.15) is 9.57 Å². The van der Waals surface area contributed by atoms with Crippen molar-refractivity contribution < 1.29 is 22.7 Å². The number of hydrogen-bond acceptors (Lipinski definition) is 6. The van der Waals surface area contributed by atoms with Crippen molar-refractivity contribution in [3.63, 3.8) is 0 Å². The van der Waals surface area contributed by atoms with E-state index in [2.05, 4.69) is 10.6 Å². The number of para-hydroxylation sites is 1. The molecule has 0 spiro atoms. The predicted molar refractivity (Wildman–Crippen MR) is 106 cm³/mol. The number of urea groups is 1. The van der Waals surface area contributed by atoms with Crippen LogP contribution in [0.3, 0.4) is 0 Å². The monoisotopic (exact) mass is 416 g/mol. The van der Waals surface area contributed by atoms with Gasteiger partial charge in [0.05, 0.1) is 42.2 Å². The van der Waals surface area contributed by atoms with E-state index in [1.54, 1.807) is 24.3 Å². The molecule has 0 aliphatic carbocycles. The van der Waals surface area contributed by atoms with Crippen molar-refractivity contribution in [3.8, 4) is 11.8 Å². The standard InChI is InChI=1S/C19H20N4O5S/c1-27-18-12-15(29(25,26)23-8-10-28-11-9-23)6-7-17(18)22-19(24)21-16-5-3-2-4-14(16)13-20/h2-7,12H,8-11H2,1H3,(H2,21,22,24). The normalized spacial score (nSPS) is 14.6. The maximum absolute atomic E-state index is 12.8. The lowest BCUT2D eigenvalue weighted by Crippen LogP contribution is -2.40. The Kier molecular flexibility index (Phi) is 6.33. The Morgan fingerprint density at radius 2 is 1.83 bits per heavy atom. The molecule has 0 unspecified atom stereocenters. The number of morpholine rings is 1. The molecule has 0 bridgehead atoms. The highest BCUT2D eigenvalue weighted by Crippen LogP contribution is 2.29. The van der Waals surface area contributed by atoms with Crippen LogP contribution in [0.4, 0.5) is 16.2 Å². The van der Waals surface area contributed by atoms with Gasteiger partial charge in [-0.25, -0.2) is 13.2 Å². The van der Waals surface area contributed by atoms with Crippen LogP contribution in [-0.2, 0) is 14.8 Å². The Labute approximate surface area is 168 Å². The fourth-order valence-corrected chi connectivity index (χ4v) is 4.26. The zero-order valence-electron chi connectivity index (χ0n) is 15.7. The fraction of sp³-hybridized carbons (Fsp3) is 0.263. The van der Waals surface area contributed by atoms with Gasteiger partial charge in [0.2, 0.25) is 10.0 Å². The first-order chi connectivity index (χ1) is 14.0. The van der Waals surface area contributed by atoms with Crippen LogP contribution in [-0.4, -0.2) is 52.2 Å². The third-order valence-electron chi connectivity index (χ3n) is 4.32. The molecule has 0 saturated carbocycles. The third kappa shape index (κ3) is 4.65. The van der Waals surface area contributed by atoms with E-state index in [0.717, 1.165) is 0 Å². The quantitative estimate of drug-likeness (QED) is 0.771. The zero-order valence-corrected chi connectivity index (χ0v) is 16.5. The van der Waals surface area contributed by atoms with E-state index in [1.165, 1.54) is 29.6 Å². The average Bonchev–Trinajstić information content (AvgIpc) is 2.74. The molecule has 0 radical (unpaired) electrons. The van der Waals surface area contributed by atoms with Crippen molar-refractivity contribution in [3.05, 3.63) is 48.0 Å². The number of anilines is 2. The Morgan fingerprint density at radius 3 is 2.52 bits per heavy atom. The Morgan fingerprint density at radius 1 is 1.14 bits per heavy atom. The van der Waals surface area contributed by atoms with Crippen molar-refractivity contribution in [2.75, 3.05) is 44.0 Å². The summed E-state index contributed by atoms with van der Waals surface area (Å²) >= 11 is 0. The minimum atomic E-state index is -3.69. The molecule has 3 rings (SSSR count). The predicted octanol–water partition coefficient (Wildman–Crippen LogP) is 2.23. The molecule has 2 N–H and O–H groups in total. The van der Waals surface area contributed by atoms with Crippen LogP contribution in [0.1, 0.15) is 5.56 Å². The number of methoxy groups -OCH3 is 1. The first-order valence-corrected chi connectivity index (χ1v) is 10.2. The number of nitrogens with one attached hydrogen (secondary N) is 2. The highest BCUT2D eigenvalue weighted by atomic mass is 32.2. The van der Waals surface area contributed by atoms with E-state index in [-0.39, 0.29) is 23.7 Å². The van der Waals surface area contributed by atoms with Crippen LogP contribution in [0, 0.1) is 11.3 Å². The van der Waals surface area contributed by atoms with Gasteiger partial charge in [-0.05, 0) is 24.3 Å². The summed E-state index contributed by atoms with van der Waals surface area (Å²) in [6.07, 6.45) is 0. The number of carbonyl (C=O) groups excluding carboxylic acids is 1. The van der Waals surface area contributed by atoms with E-state index in [9.17, 15) is 13.2 Å². The van der Waals surface area contributed by atoms with Crippen LogP contribution >= 0.6 is 0 Å². The Balaban J connectivity index is 1.78. The lowest BCUT2D eigenvalue weighted by Gasteiger charge is -2.26. The molecule has 29 heavy (non-hydrogen) atoms. The summed E-state index contributed by atoms with van der Waals surface area (Å²) in [6.45, 7) is 1.26. The molecule has 1 heterocycles. The minimum absolute atomic E-state index is 0.0667. The lowest BCUT2D eigenvalue weighted by molar-refractivity contribution is 0.0730. The van der Waals surface area contributed by atoms with E-state index < -0.39 is 16.1 Å². The SMILES string of the molecule is COc1cc(S(=O)(=O)N2CCOCC2)ccc1NC(=O)Nc1ccccc1C#N. The van der Waals surface area contributed by atoms with Crippen LogP contribution < -0.4 is 15.4 Å². The third-order valence-corrected chi connectivity index (χ3v) is 6.22. The van der Waals surface area contributed by atoms with Crippen LogP contribution in [0.5, 0.6) is 5.75 Å². The maximum Gasteiger partial charge on any atom is 0.323 e. The smallest absolute Gasteiger partial charge is 0.323 e. The van der Waals surface area contributed by atoms with Gasteiger partial charge in [-0.15, -0.1) is 0 Å². The van der Waals surface area contributed by atoms with Gasteiger partial charge in [0, 0.05) is 19.2 Å². The Bertz CT molecular complexity index is 1040. The summed E-state index contributed by atoms with van der Waals surface area (Å²) in [6, 6.07) is 12.2. The van der Waals surface area contributed by atoms with Crippen LogP contribution in [0.2, 0.25) is 0 Å². The number of nitriles is 1. The molecular formula is C19H20N4O5S. The number of nitrogens with zero attached hydrogens (tertiary/aromatic N) is 2. The fourth-order valence-electron chi connectivity index (χ4n) is 2.84. The van der Waals surface area contributed by atoms with Gasteiger partial charge in [0.1, 0.15) is 11.8 Å². The lowest BCUT2D eigenvalue weighted by atomic mass is 10.2. The number of benzene rings is 2. The number of rotatable bonds is 5. The zero-order chi connectivity index (χ0) is 20.9. The summed E-state index contributed by atoms with van der Waals surface area (Å²) in [5, 5.41) is 14.3. The molecule has 0 aromatic heterocycles. The van der Waals surface area contributed by atoms with Crippen molar-refractivity contribution in [2.24, 2.45) is 0 Å². The van der Waals surface area contributed by atoms with Gasteiger partial charge < -0.3 is 20.1 Å². The van der Waals surface area contributed by atoms with E-state index in [0.29, 0.717) is 30.2 Å². The van der Waals surface area contributed by atoms with Crippen LogP contribution in [0.25, 0.3) is 0 Å². The molecule has 0 atom stereocenters. The second-order valence-electron chi connectivity index (χ2n) is 6.12. The second-order valence-corrected chi connectivity index (χ2v) is 8.05. The molecule has 1 fully saturated rings. The maximum atomic E-state index is 12.8. The number of hydrogen-bond donors (Lipinski definition) is 2. The molecule has 1 aliphatic heterocycles. The summed E-state index contributed by atoms with van der Waals surface area (Å²) in [5.41, 5.74) is 0.972. The van der Waals surface area contributed by atoms with Crippen molar-refractivity contribution in [1.82, 2.24) is 4.31 Å². The van der Waals surface area contributed by atoms with Crippen molar-refractivity contribution in [2.45, 2.75) is 4.90 Å². The topological polar surface area (TPSA) is 121 Å². The highest BCUT2D eigenvalue weighted by Gasteiger charge is 2.27. The largest absolute Gasteiger partial charge is 0.495 e. The second kappa shape index (κ2) is 8.91. The van der Waals surface area contributed by atoms with Gasteiger partial charge >= 0.3 is 6.03 Å². The average molecular weight is 416 g/mol. The number of carbonyl (C=O) groups is 1. The molecule has 2 amide bonds. The first-order valence-electron chi connectivity index (χ1n) is 8.79. The molecule has 2 aromatic rings. The summed E-state index contributed by atoms with van der Waals surface area (Å²) in [4.78, 5) is 12.4. The molecule has 2 aromatic carbocycles. The van der Waals surface area contributed by atoms with Gasteiger partial charge in [-0.3, -0.25) is 0 Å². The molecule has 9 nitrogen and oxygen atoms in total. The van der Waals surface area contributed by atoms with E-state index in [1.807, 2.05) is 6.07 Å². The molecule has 1 aliphatic rings. The number of ether oxygens (including phenoxy) is 2. The minimum Gasteiger partial charge on any atom is -0.495 e. The highest BCUT2D eigenvalue weighted by molar-refractivity contribution is 7.89. The van der Waals surface area contributed by atoms with Gasteiger partial charge in [0.25, 0.3) is 0 Å². The summed E-state index contributed by atoms with van der Waals surface area (Å²) in [5.74, 6) is 0.197. The van der Waals surface area contributed by atoms with Gasteiger partial charge in [0.15, 0.2) is 0 Å². The molecule has 152 valence electrons. The van der Waals surface area contributed by atoms with Crippen LogP contribution in [0.15, 0.2) is 47.4 Å².